The van der Waals surface area contributed by atoms with Gasteiger partial charge in [-0.15, -0.1) is 0 Å². The van der Waals surface area contributed by atoms with Gasteiger partial charge in [0.25, 0.3) is 0 Å². The summed E-state index contributed by atoms with van der Waals surface area (Å²) in [6.07, 6.45) is -2.06. The second-order valence-corrected chi connectivity index (χ2v) is 11.0. The van der Waals surface area contributed by atoms with E-state index in [9.17, 15) is 29.1 Å². The normalized spacial score (nSPS) is 38.1. The third-order valence-electron chi connectivity index (χ3n) is 8.27. The molecule has 1 aliphatic heterocycles. The van der Waals surface area contributed by atoms with Crippen LogP contribution in [0.4, 0.5) is 0 Å². The predicted molar refractivity (Wildman–Crippen MR) is 135 cm³/mol. The lowest BCUT2D eigenvalue weighted by molar-refractivity contribution is -0.218. The van der Waals surface area contributed by atoms with E-state index in [4.69, 9.17) is 23.7 Å². The number of carbonyl (C=O) groups is 5. The Hall–Kier alpha value is -3.21. The van der Waals surface area contributed by atoms with Gasteiger partial charge in [-0.05, 0) is 32.4 Å². The van der Waals surface area contributed by atoms with Gasteiger partial charge >= 0.3 is 29.8 Å². The van der Waals surface area contributed by atoms with Gasteiger partial charge in [0, 0.05) is 46.5 Å². The molecule has 0 saturated carbocycles. The van der Waals surface area contributed by atoms with E-state index in [0.717, 1.165) is 0 Å². The summed E-state index contributed by atoms with van der Waals surface area (Å²) in [4.78, 5) is 62.2. The first-order valence-corrected chi connectivity index (χ1v) is 13.0. The number of hydrogen-bond acceptors (Lipinski definition) is 11. The van der Waals surface area contributed by atoms with E-state index in [0.29, 0.717) is 11.1 Å². The second kappa shape index (κ2) is 11.1. The van der Waals surface area contributed by atoms with Crippen molar-refractivity contribution in [2.75, 3.05) is 0 Å². The van der Waals surface area contributed by atoms with Gasteiger partial charge in [0.1, 0.15) is 24.4 Å². The summed E-state index contributed by atoms with van der Waals surface area (Å²) in [5.41, 5.74) is -2.32. The van der Waals surface area contributed by atoms with E-state index in [1.165, 1.54) is 40.7 Å². The Morgan fingerprint density at radius 2 is 1.44 bits per heavy atom. The monoisotopic (exact) mass is 550 g/mol. The van der Waals surface area contributed by atoms with Gasteiger partial charge in [-0.2, -0.15) is 0 Å². The lowest BCUT2D eigenvalue weighted by Gasteiger charge is -2.54. The molecule has 216 valence electrons. The van der Waals surface area contributed by atoms with E-state index >= 15 is 0 Å². The lowest BCUT2D eigenvalue weighted by atomic mass is 9.56. The van der Waals surface area contributed by atoms with Crippen molar-refractivity contribution in [3.63, 3.8) is 0 Å². The second-order valence-electron chi connectivity index (χ2n) is 11.0. The number of carbonyl (C=O) groups excluding carboxylic acids is 5. The van der Waals surface area contributed by atoms with Gasteiger partial charge in [0.05, 0.1) is 11.3 Å². The molecule has 3 aliphatic rings. The third kappa shape index (κ3) is 5.59. The lowest BCUT2D eigenvalue weighted by Crippen LogP contribution is -2.65. The van der Waals surface area contributed by atoms with Crippen LogP contribution in [0.5, 0.6) is 0 Å². The maximum atomic E-state index is 12.9. The zero-order valence-corrected chi connectivity index (χ0v) is 23.6. The molecular formula is C28H38O11. The molecule has 0 amide bonds. The van der Waals surface area contributed by atoms with Crippen molar-refractivity contribution in [2.24, 2.45) is 17.3 Å². The number of ether oxygens (including phenoxy) is 5. The van der Waals surface area contributed by atoms with Crippen LogP contribution in [-0.2, 0) is 47.7 Å². The van der Waals surface area contributed by atoms with Crippen molar-refractivity contribution in [2.45, 2.75) is 104 Å². The van der Waals surface area contributed by atoms with Gasteiger partial charge in [0.2, 0.25) is 0 Å². The highest BCUT2D eigenvalue weighted by atomic mass is 16.6. The maximum Gasteiger partial charge on any atom is 0.312 e. The molecule has 1 N–H and O–H groups in total. The molecule has 2 aliphatic carbocycles. The first-order valence-electron chi connectivity index (χ1n) is 13.0. The summed E-state index contributed by atoms with van der Waals surface area (Å²) >= 11 is 0. The molecule has 0 spiro atoms. The third-order valence-corrected chi connectivity index (χ3v) is 8.27. The molecule has 0 aromatic heterocycles. The van der Waals surface area contributed by atoms with Crippen LogP contribution >= 0.6 is 0 Å². The van der Waals surface area contributed by atoms with Gasteiger partial charge in [-0.25, -0.2) is 0 Å². The van der Waals surface area contributed by atoms with Gasteiger partial charge in [-0.3, -0.25) is 24.0 Å². The minimum absolute atomic E-state index is 0.0407. The summed E-state index contributed by atoms with van der Waals surface area (Å²) < 4.78 is 28.7. The van der Waals surface area contributed by atoms with Crippen LogP contribution in [0.2, 0.25) is 0 Å². The van der Waals surface area contributed by atoms with Crippen molar-refractivity contribution in [3.05, 3.63) is 23.3 Å². The van der Waals surface area contributed by atoms with Crippen LogP contribution in [0.1, 0.15) is 68.2 Å². The molecule has 9 atom stereocenters. The number of fused-ring (bicyclic) bond motifs is 2. The van der Waals surface area contributed by atoms with Crippen LogP contribution in [0.15, 0.2) is 23.3 Å². The highest BCUT2D eigenvalue weighted by Gasteiger charge is 2.67. The van der Waals surface area contributed by atoms with Crippen molar-refractivity contribution in [1.29, 1.82) is 0 Å². The molecule has 0 aromatic carbocycles. The van der Waals surface area contributed by atoms with Crippen LogP contribution in [0.3, 0.4) is 0 Å². The summed E-state index contributed by atoms with van der Waals surface area (Å²) in [6, 6.07) is 0. The molecule has 0 radical (unpaired) electrons. The van der Waals surface area contributed by atoms with E-state index in [-0.39, 0.29) is 12.8 Å². The van der Waals surface area contributed by atoms with Crippen LogP contribution in [0, 0.1) is 17.3 Å². The zero-order chi connectivity index (χ0) is 29.4. The molecule has 1 heterocycles. The Morgan fingerprint density at radius 3 is 1.97 bits per heavy atom. The maximum absolute atomic E-state index is 12.9. The summed E-state index contributed by atoms with van der Waals surface area (Å²) in [7, 11) is 0. The topological polar surface area (TPSA) is 152 Å². The zero-order valence-electron chi connectivity index (χ0n) is 23.6. The van der Waals surface area contributed by atoms with Gasteiger partial charge in [0.15, 0.2) is 11.7 Å². The molecule has 9 unspecified atom stereocenters. The van der Waals surface area contributed by atoms with Crippen molar-refractivity contribution < 1.29 is 52.8 Å². The highest BCUT2D eigenvalue weighted by Crippen LogP contribution is 2.55. The molecule has 11 nitrogen and oxygen atoms in total. The van der Waals surface area contributed by atoms with Crippen molar-refractivity contribution in [3.8, 4) is 0 Å². The first kappa shape index (κ1) is 30.3. The average molecular weight is 551 g/mol. The summed E-state index contributed by atoms with van der Waals surface area (Å²) in [6.45, 7) is 11.5. The van der Waals surface area contributed by atoms with E-state index in [1.54, 1.807) is 26.8 Å². The molecule has 39 heavy (non-hydrogen) atoms. The number of esters is 5. The minimum Gasteiger partial charge on any atom is -0.462 e. The largest absolute Gasteiger partial charge is 0.462 e. The van der Waals surface area contributed by atoms with Gasteiger partial charge in [-0.1, -0.05) is 18.6 Å². The van der Waals surface area contributed by atoms with E-state index in [1.807, 2.05) is 0 Å². The smallest absolute Gasteiger partial charge is 0.312 e. The minimum atomic E-state index is -2.08. The molecule has 11 heteroatoms. The molecular weight excluding hydrogens is 512 g/mol. The van der Waals surface area contributed by atoms with E-state index in [2.05, 4.69) is 0 Å². The fraction of sp³-hybridized carbons (Fsp3) is 0.679. The van der Waals surface area contributed by atoms with Crippen LogP contribution < -0.4 is 0 Å². The number of hydrogen-bond donors (Lipinski definition) is 1. The highest BCUT2D eigenvalue weighted by molar-refractivity contribution is 5.78. The predicted octanol–water partition coefficient (Wildman–Crippen LogP) is 2.33. The first-order chi connectivity index (χ1) is 18.0. The standard InChI is InChI=1S/C28H38O11/c1-13-9-10-21(36-17(5)30)27(8)22(37-18(6)31)12-20(35-16(4)29)14(2)11-23-28(34,15(3)26(33)39-23)25(24(13)27)38-19(7)32/h9,11,15,20-25,34H,10,12H2,1-8H3. The Kier molecular flexibility index (Phi) is 8.64. The number of rotatable bonds is 4. The SMILES string of the molecule is CC(=O)OC1CC(OC(C)=O)C2(C)C(OC(C)=O)CC=C(C)C2C(OC(C)=O)C2(O)C(C=C1C)OC(=O)C2C. The molecule has 1 saturated heterocycles. The van der Waals surface area contributed by atoms with Gasteiger partial charge < -0.3 is 28.8 Å². The molecule has 1 fully saturated rings. The molecule has 3 rings (SSSR count). The van der Waals surface area contributed by atoms with E-state index < -0.39 is 83.2 Å². The molecule has 0 aromatic rings. The fourth-order valence-electron chi connectivity index (χ4n) is 6.35. The van der Waals surface area contributed by atoms with Crippen LogP contribution in [0.25, 0.3) is 0 Å². The summed E-state index contributed by atoms with van der Waals surface area (Å²) in [5, 5.41) is 12.4. The summed E-state index contributed by atoms with van der Waals surface area (Å²) in [5.74, 6) is -5.31. The fourth-order valence-corrected chi connectivity index (χ4v) is 6.35. The Morgan fingerprint density at radius 1 is 0.897 bits per heavy atom. The Balaban J connectivity index is 2.42. The average Bonchev–Trinajstić information content (AvgIpc) is 3.01. The van der Waals surface area contributed by atoms with Crippen LogP contribution in [-0.4, -0.2) is 71.1 Å². The number of aliphatic hydroxyl groups is 1. The van der Waals surface area contributed by atoms with Crippen molar-refractivity contribution >= 4 is 29.8 Å². The molecule has 0 bridgehead atoms. The quantitative estimate of drug-likeness (QED) is 0.312. The van der Waals surface area contributed by atoms with Crippen molar-refractivity contribution in [1.82, 2.24) is 0 Å². The Bertz CT molecular complexity index is 1110. The Labute approximate surface area is 227 Å².